The van der Waals surface area contributed by atoms with Crippen LogP contribution in [0.15, 0.2) is 58.8 Å². The molecule has 0 spiro atoms. The maximum absolute atomic E-state index is 11.8. The molecule has 4 nitrogen and oxygen atoms in total. The number of ether oxygens (including phenoxy) is 1. The second kappa shape index (κ2) is 5.44. The molecule has 3 aromatic rings. The summed E-state index contributed by atoms with van der Waals surface area (Å²) in [5, 5.41) is 12.1. The van der Waals surface area contributed by atoms with E-state index >= 15 is 0 Å². The number of nitrogens with one attached hydrogen (secondary N) is 1. The predicted octanol–water partition coefficient (Wildman–Crippen LogP) is 3.79. The third-order valence-electron chi connectivity index (χ3n) is 3.79. The van der Waals surface area contributed by atoms with Crippen molar-refractivity contribution in [3.8, 4) is 22.1 Å². The van der Waals surface area contributed by atoms with Crippen LogP contribution in [0.3, 0.4) is 0 Å². The summed E-state index contributed by atoms with van der Waals surface area (Å²) in [6.07, 6.45) is 4.00. The SMILES string of the molecule is O=c1cc[nH]c2c1CC=C(c1ccc(O)c(-c3cccs3)c1)O2. The first-order valence-corrected chi connectivity index (χ1v) is 8.06. The molecule has 114 valence electrons. The molecule has 4 rings (SSSR count). The van der Waals surface area contributed by atoms with E-state index in [0.717, 1.165) is 16.0 Å². The highest BCUT2D eigenvalue weighted by atomic mass is 32.1. The minimum Gasteiger partial charge on any atom is -0.507 e. The van der Waals surface area contributed by atoms with Crippen LogP contribution < -0.4 is 10.2 Å². The summed E-state index contributed by atoms with van der Waals surface area (Å²) < 4.78 is 5.84. The van der Waals surface area contributed by atoms with Gasteiger partial charge in [0.15, 0.2) is 5.43 Å². The van der Waals surface area contributed by atoms with Gasteiger partial charge in [-0.3, -0.25) is 4.79 Å². The van der Waals surface area contributed by atoms with Gasteiger partial charge in [-0.2, -0.15) is 0 Å². The van der Waals surface area contributed by atoms with Crippen LogP contribution in [0.25, 0.3) is 16.2 Å². The van der Waals surface area contributed by atoms with Gasteiger partial charge in [0.25, 0.3) is 0 Å². The Balaban J connectivity index is 1.74. The lowest BCUT2D eigenvalue weighted by molar-refractivity contribution is 0.472. The van der Waals surface area contributed by atoms with Crippen LogP contribution in [0.5, 0.6) is 11.6 Å². The number of H-pyrrole nitrogens is 1. The number of rotatable bonds is 2. The quantitative estimate of drug-likeness (QED) is 0.754. The highest BCUT2D eigenvalue weighted by Gasteiger charge is 2.18. The number of allylic oxidation sites excluding steroid dienone is 1. The van der Waals surface area contributed by atoms with Gasteiger partial charge in [-0.25, -0.2) is 0 Å². The molecule has 23 heavy (non-hydrogen) atoms. The molecule has 0 aliphatic carbocycles. The van der Waals surface area contributed by atoms with Crippen molar-refractivity contribution in [2.24, 2.45) is 0 Å². The Kier molecular flexibility index (Phi) is 3.28. The molecule has 0 unspecified atom stereocenters. The van der Waals surface area contributed by atoms with Crippen LogP contribution in [0.1, 0.15) is 11.1 Å². The molecule has 1 aliphatic rings. The normalized spacial score (nSPS) is 13.1. The lowest BCUT2D eigenvalue weighted by atomic mass is 10.0. The lowest BCUT2D eigenvalue weighted by Crippen LogP contribution is -2.14. The lowest BCUT2D eigenvalue weighted by Gasteiger charge is -2.18. The Hall–Kier alpha value is -2.79. The molecule has 0 radical (unpaired) electrons. The molecule has 2 N–H and O–H groups in total. The van der Waals surface area contributed by atoms with Crippen molar-refractivity contribution in [1.82, 2.24) is 4.98 Å². The van der Waals surface area contributed by atoms with Gasteiger partial charge in [0.2, 0.25) is 5.88 Å². The summed E-state index contributed by atoms with van der Waals surface area (Å²) in [5.41, 5.74) is 2.24. The van der Waals surface area contributed by atoms with Crippen LogP contribution in [-0.2, 0) is 6.42 Å². The summed E-state index contributed by atoms with van der Waals surface area (Å²) >= 11 is 1.57. The van der Waals surface area contributed by atoms with Crippen LogP contribution in [0.2, 0.25) is 0 Å². The number of phenolic OH excluding ortho intramolecular Hbond substituents is 1. The first-order chi connectivity index (χ1) is 11.2. The van der Waals surface area contributed by atoms with Crippen molar-refractivity contribution in [1.29, 1.82) is 0 Å². The maximum Gasteiger partial charge on any atom is 0.204 e. The van der Waals surface area contributed by atoms with E-state index in [-0.39, 0.29) is 11.2 Å². The summed E-state index contributed by atoms with van der Waals surface area (Å²) in [4.78, 5) is 15.8. The van der Waals surface area contributed by atoms with E-state index in [9.17, 15) is 9.90 Å². The van der Waals surface area contributed by atoms with Gasteiger partial charge in [-0.1, -0.05) is 6.07 Å². The number of aromatic nitrogens is 1. The smallest absolute Gasteiger partial charge is 0.204 e. The molecule has 3 heterocycles. The zero-order chi connectivity index (χ0) is 15.8. The van der Waals surface area contributed by atoms with Gasteiger partial charge in [-0.15, -0.1) is 11.3 Å². The number of pyridine rings is 1. The van der Waals surface area contributed by atoms with Crippen LogP contribution >= 0.6 is 11.3 Å². The molecule has 0 fully saturated rings. The van der Waals surface area contributed by atoms with E-state index in [1.807, 2.05) is 35.7 Å². The van der Waals surface area contributed by atoms with Crippen LogP contribution in [-0.4, -0.2) is 10.1 Å². The molecule has 5 heteroatoms. The molecule has 0 atom stereocenters. The average molecular weight is 323 g/mol. The Morgan fingerprint density at radius 2 is 2.13 bits per heavy atom. The molecule has 1 aromatic carbocycles. The fraction of sp³-hybridized carbons (Fsp3) is 0.0556. The number of hydrogen-bond acceptors (Lipinski definition) is 4. The monoisotopic (exact) mass is 323 g/mol. The number of phenols is 1. The minimum absolute atomic E-state index is 0.0287. The minimum atomic E-state index is -0.0287. The van der Waals surface area contributed by atoms with E-state index < -0.39 is 0 Å². The van der Waals surface area contributed by atoms with Gasteiger partial charge in [0.1, 0.15) is 11.5 Å². The molecule has 1 aliphatic heterocycles. The van der Waals surface area contributed by atoms with Gasteiger partial charge in [-0.05, 0) is 35.7 Å². The highest BCUT2D eigenvalue weighted by Crippen LogP contribution is 2.36. The number of thiophene rings is 1. The van der Waals surface area contributed by atoms with Gasteiger partial charge < -0.3 is 14.8 Å². The van der Waals surface area contributed by atoms with E-state index in [1.165, 1.54) is 6.07 Å². The predicted molar refractivity (Wildman–Crippen MR) is 90.8 cm³/mol. The van der Waals surface area contributed by atoms with Gasteiger partial charge >= 0.3 is 0 Å². The van der Waals surface area contributed by atoms with Crippen molar-refractivity contribution in [3.63, 3.8) is 0 Å². The third kappa shape index (κ3) is 2.45. The standard InChI is InChI=1S/C18H13NO3S/c20-14-5-3-11(10-13(14)17-2-1-9-23-17)16-6-4-12-15(21)7-8-19-18(12)22-16/h1-3,5-10,20H,4H2,(H,19,21). The number of benzene rings is 1. The molecule has 0 bridgehead atoms. The first-order valence-electron chi connectivity index (χ1n) is 7.18. The zero-order valence-electron chi connectivity index (χ0n) is 12.1. The van der Waals surface area contributed by atoms with E-state index in [2.05, 4.69) is 4.98 Å². The Morgan fingerprint density at radius 3 is 2.96 bits per heavy atom. The molecular weight excluding hydrogens is 310 g/mol. The van der Waals surface area contributed by atoms with Crippen molar-refractivity contribution < 1.29 is 9.84 Å². The average Bonchev–Trinajstić information content (AvgIpc) is 3.09. The Morgan fingerprint density at radius 1 is 1.22 bits per heavy atom. The number of fused-ring (bicyclic) bond motifs is 1. The van der Waals surface area contributed by atoms with Crippen LogP contribution in [0, 0.1) is 0 Å². The largest absolute Gasteiger partial charge is 0.507 e. The fourth-order valence-electron chi connectivity index (χ4n) is 2.62. The van der Waals surface area contributed by atoms with Gasteiger partial charge in [0, 0.05) is 34.7 Å². The summed E-state index contributed by atoms with van der Waals surface area (Å²) in [6.45, 7) is 0. The third-order valence-corrected chi connectivity index (χ3v) is 4.70. The summed E-state index contributed by atoms with van der Waals surface area (Å²) in [6, 6.07) is 10.8. The van der Waals surface area contributed by atoms with Crippen molar-refractivity contribution in [2.45, 2.75) is 6.42 Å². The Labute approximate surface area is 136 Å². The van der Waals surface area contributed by atoms with Crippen LogP contribution in [0.4, 0.5) is 0 Å². The number of hydrogen-bond donors (Lipinski definition) is 2. The summed E-state index contributed by atoms with van der Waals surface area (Å²) in [7, 11) is 0. The second-order valence-electron chi connectivity index (χ2n) is 5.23. The Bertz CT molecular complexity index is 955. The van der Waals surface area contributed by atoms with E-state index in [0.29, 0.717) is 23.6 Å². The molecule has 0 saturated heterocycles. The molecular formula is C18H13NO3S. The molecule has 0 saturated carbocycles. The molecule has 0 amide bonds. The van der Waals surface area contributed by atoms with E-state index in [1.54, 1.807) is 23.6 Å². The van der Waals surface area contributed by atoms with Crippen molar-refractivity contribution in [2.75, 3.05) is 0 Å². The maximum atomic E-state index is 11.8. The van der Waals surface area contributed by atoms with Crippen molar-refractivity contribution >= 4 is 17.1 Å². The fourth-order valence-corrected chi connectivity index (χ4v) is 3.37. The van der Waals surface area contributed by atoms with E-state index in [4.69, 9.17) is 4.74 Å². The zero-order valence-corrected chi connectivity index (χ0v) is 12.9. The second-order valence-corrected chi connectivity index (χ2v) is 6.18. The molecule has 2 aromatic heterocycles. The number of aromatic amines is 1. The topological polar surface area (TPSA) is 62.3 Å². The highest BCUT2D eigenvalue weighted by molar-refractivity contribution is 7.13. The summed E-state index contributed by atoms with van der Waals surface area (Å²) in [5.74, 6) is 1.40. The first kappa shape index (κ1) is 13.8. The number of aromatic hydroxyl groups is 1. The van der Waals surface area contributed by atoms with Crippen molar-refractivity contribution in [3.05, 3.63) is 75.4 Å². The van der Waals surface area contributed by atoms with Gasteiger partial charge in [0.05, 0.1) is 5.56 Å².